The van der Waals surface area contributed by atoms with Crippen molar-refractivity contribution in [3.05, 3.63) is 29.8 Å². The summed E-state index contributed by atoms with van der Waals surface area (Å²) in [7, 11) is -1.50. The smallest absolute Gasteiger partial charge is 0.423 e. The Kier molecular flexibility index (Phi) is 6.14. The van der Waals surface area contributed by atoms with Gasteiger partial charge in [-0.2, -0.15) is 4.89 Å². The molecule has 0 saturated heterocycles. The summed E-state index contributed by atoms with van der Waals surface area (Å²) in [5.74, 6) is 2.63. The molecule has 17 heavy (non-hydrogen) atoms. The zero-order valence-electron chi connectivity index (χ0n) is 9.42. The van der Waals surface area contributed by atoms with Crippen LogP contribution in [0.1, 0.15) is 18.9 Å². The summed E-state index contributed by atoms with van der Waals surface area (Å²) in [6.45, 7) is 2.00. The summed E-state index contributed by atoms with van der Waals surface area (Å²) >= 11 is 0. The van der Waals surface area contributed by atoms with E-state index in [1.165, 1.54) is 0 Å². The fraction of sp³-hybridized carbons (Fsp3) is 0.273. The molecule has 1 rings (SSSR count). The number of benzene rings is 1. The van der Waals surface area contributed by atoms with Crippen LogP contribution in [-0.2, 0) is 21.4 Å². The molecule has 0 unspecified atom stereocenters. The predicted octanol–water partition coefficient (Wildman–Crippen LogP) is 0.117. The van der Waals surface area contributed by atoms with Crippen molar-refractivity contribution >= 4 is 12.6 Å². The SMILES string of the molecule is CCC#COOOCc1cccc(B(O)O)c1. The fourth-order valence-corrected chi connectivity index (χ4v) is 1.08. The standard InChI is InChI=1S/C11H13BO5/c1-2-3-7-15-17-16-9-10-5-4-6-11(8-10)12(13)14/h4-6,8,13-14H,2,9H2,1H3. The van der Waals surface area contributed by atoms with E-state index in [4.69, 9.17) is 14.9 Å². The molecule has 1 aromatic rings. The van der Waals surface area contributed by atoms with E-state index in [1.54, 1.807) is 24.3 Å². The molecule has 0 saturated carbocycles. The van der Waals surface area contributed by atoms with E-state index in [0.29, 0.717) is 11.9 Å². The van der Waals surface area contributed by atoms with Gasteiger partial charge in [0.05, 0.1) is 0 Å². The average molecular weight is 236 g/mol. The Morgan fingerprint density at radius 1 is 1.35 bits per heavy atom. The predicted molar refractivity (Wildman–Crippen MR) is 61.3 cm³/mol. The molecule has 6 heteroatoms. The van der Waals surface area contributed by atoms with Gasteiger partial charge in [0.15, 0.2) is 6.11 Å². The van der Waals surface area contributed by atoms with Crippen molar-refractivity contribution in [1.29, 1.82) is 0 Å². The minimum Gasteiger partial charge on any atom is -0.423 e. The monoisotopic (exact) mass is 236 g/mol. The molecule has 2 N–H and O–H groups in total. The maximum atomic E-state index is 8.96. The van der Waals surface area contributed by atoms with E-state index in [2.05, 4.69) is 22.0 Å². The molecule has 0 bridgehead atoms. The molecule has 0 radical (unpaired) electrons. The Labute approximate surface area is 99.9 Å². The molecule has 0 aliphatic rings. The third-order valence-electron chi connectivity index (χ3n) is 1.85. The van der Waals surface area contributed by atoms with Crippen LogP contribution in [0.5, 0.6) is 0 Å². The maximum Gasteiger partial charge on any atom is 0.488 e. The third kappa shape index (κ3) is 5.38. The first-order valence-electron chi connectivity index (χ1n) is 5.12. The van der Waals surface area contributed by atoms with Crippen molar-refractivity contribution in [2.75, 3.05) is 0 Å². The van der Waals surface area contributed by atoms with Crippen molar-refractivity contribution < 1.29 is 24.9 Å². The van der Waals surface area contributed by atoms with E-state index in [1.807, 2.05) is 6.92 Å². The van der Waals surface area contributed by atoms with Crippen molar-refractivity contribution in [2.24, 2.45) is 0 Å². The highest BCUT2D eigenvalue weighted by Crippen LogP contribution is 2.00. The number of hydrogen-bond acceptors (Lipinski definition) is 5. The number of hydrogen-bond donors (Lipinski definition) is 2. The third-order valence-corrected chi connectivity index (χ3v) is 1.85. The topological polar surface area (TPSA) is 68.2 Å². The van der Waals surface area contributed by atoms with Gasteiger partial charge in [0, 0.05) is 6.42 Å². The van der Waals surface area contributed by atoms with Gasteiger partial charge in [0.1, 0.15) is 6.61 Å². The summed E-state index contributed by atoms with van der Waals surface area (Å²) in [5, 5.41) is 22.3. The van der Waals surface area contributed by atoms with Gasteiger partial charge in [-0.3, -0.25) is 4.89 Å². The molecule has 0 amide bonds. The highest BCUT2D eigenvalue weighted by atomic mass is 17.5. The van der Waals surface area contributed by atoms with Crippen LogP contribution in [0.3, 0.4) is 0 Å². The molecular weight excluding hydrogens is 223 g/mol. The lowest BCUT2D eigenvalue weighted by molar-refractivity contribution is -0.489. The summed E-state index contributed by atoms with van der Waals surface area (Å²) in [6, 6.07) is 6.63. The summed E-state index contributed by atoms with van der Waals surface area (Å²) in [5.41, 5.74) is 1.11. The molecule has 5 nitrogen and oxygen atoms in total. The van der Waals surface area contributed by atoms with E-state index in [0.717, 1.165) is 5.56 Å². The molecule has 1 aromatic carbocycles. The van der Waals surface area contributed by atoms with Gasteiger partial charge in [-0.1, -0.05) is 37.1 Å². The lowest BCUT2D eigenvalue weighted by Gasteiger charge is -2.03. The average Bonchev–Trinajstić information content (AvgIpc) is 2.34. The van der Waals surface area contributed by atoms with Gasteiger partial charge in [0.25, 0.3) is 0 Å². The van der Waals surface area contributed by atoms with Gasteiger partial charge in [0.2, 0.25) is 0 Å². The first kappa shape index (κ1) is 13.5. The first-order chi connectivity index (χ1) is 8.24. The van der Waals surface area contributed by atoms with Crippen LogP contribution in [0.25, 0.3) is 0 Å². The second-order valence-corrected chi connectivity index (χ2v) is 3.16. The van der Waals surface area contributed by atoms with E-state index in [9.17, 15) is 0 Å². The Morgan fingerprint density at radius 3 is 2.88 bits per heavy atom. The van der Waals surface area contributed by atoms with Crippen LogP contribution >= 0.6 is 0 Å². The maximum absolute atomic E-state index is 8.96. The molecule has 0 spiro atoms. The van der Waals surface area contributed by atoms with E-state index >= 15 is 0 Å². The second kappa shape index (κ2) is 7.71. The Balaban J connectivity index is 2.34. The lowest BCUT2D eigenvalue weighted by Crippen LogP contribution is -2.29. The highest BCUT2D eigenvalue weighted by Gasteiger charge is 2.10. The molecular formula is C11H13BO5. The van der Waals surface area contributed by atoms with Crippen molar-refractivity contribution in [1.82, 2.24) is 0 Å². The summed E-state index contributed by atoms with van der Waals surface area (Å²) in [4.78, 5) is 9.10. The molecule has 0 atom stereocenters. The van der Waals surface area contributed by atoms with Gasteiger partial charge in [-0.15, -0.1) is 0 Å². The van der Waals surface area contributed by atoms with Crippen LogP contribution in [0.4, 0.5) is 0 Å². The first-order valence-corrected chi connectivity index (χ1v) is 5.12. The Morgan fingerprint density at radius 2 is 2.18 bits per heavy atom. The van der Waals surface area contributed by atoms with Crippen molar-refractivity contribution in [3.63, 3.8) is 0 Å². The fourth-order valence-electron chi connectivity index (χ4n) is 1.08. The van der Waals surface area contributed by atoms with Crippen molar-refractivity contribution in [2.45, 2.75) is 20.0 Å². The molecule has 0 aliphatic heterocycles. The summed E-state index contributed by atoms with van der Waals surface area (Å²) in [6.07, 6.45) is 2.94. The van der Waals surface area contributed by atoms with E-state index < -0.39 is 7.12 Å². The zero-order valence-corrected chi connectivity index (χ0v) is 9.42. The van der Waals surface area contributed by atoms with Crippen LogP contribution in [-0.4, -0.2) is 17.2 Å². The zero-order chi connectivity index (χ0) is 12.5. The Hall–Kier alpha value is -1.52. The van der Waals surface area contributed by atoms with Gasteiger partial charge < -0.3 is 10.0 Å². The Bertz CT molecular complexity index is 396. The van der Waals surface area contributed by atoms with Gasteiger partial charge >= 0.3 is 7.12 Å². The largest absolute Gasteiger partial charge is 0.488 e. The van der Waals surface area contributed by atoms with Crippen molar-refractivity contribution in [3.8, 4) is 12.0 Å². The molecule has 90 valence electrons. The van der Waals surface area contributed by atoms with Crippen LogP contribution < -0.4 is 5.46 Å². The lowest BCUT2D eigenvalue weighted by atomic mass is 9.80. The van der Waals surface area contributed by atoms with Crippen LogP contribution in [0.15, 0.2) is 24.3 Å². The second-order valence-electron chi connectivity index (χ2n) is 3.16. The quantitative estimate of drug-likeness (QED) is 0.250. The minimum atomic E-state index is -1.50. The van der Waals surface area contributed by atoms with Crippen LogP contribution in [0.2, 0.25) is 0 Å². The summed E-state index contributed by atoms with van der Waals surface area (Å²) < 4.78 is 0. The van der Waals surface area contributed by atoms with E-state index in [-0.39, 0.29) is 6.61 Å². The molecule has 0 fully saturated rings. The molecule has 0 heterocycles. The van der Waals surface area contributed by atoms with Gasteiger partial charge in [-0.05, 0) is 16.1 Å². The van der Waals surface area contributed by atoms with Crippen LogP contribution in [0, 0.1) is 12.0 Å². The minimum absolute atomic E-state index is 0.119. The van der Waals surface area contributed by atoms with Gasteiger partial charge in [-0.25, -0.2) is 0 Å². The molecule has 0 aromatic heterocycles. The highest BCUT2D eigenvalue weighted by molar-refractivity contribution is 6.58. The molecule has 0 aliphatic carbocycles. The normalized spacial score (nSPS) is 9.35. The number of rotatable bonds is 5.